The number of carbonyl (C=O) groups excluding carboxylic acids is 1. The lowest BCUT2D eigenvalue weighted by atomic mass is 10.0. The van der Waals surface area contributed by atoms with Crippen LogP contribution >= 0.6 is 0 Å². The Bertz CT molecular complexity index is 307. The molecule has 1 N–H and O–H groups in total. The first-order valence-corrected chi connectivity index (χ1v) is 8.07. The van der Waals surface area contributed by atoms with Gasteiger partial charge in [0, 0.05) is 32.3 Å². The van der Waals surface area contributed by atoms with Gasteiger partial charge in [-0.05, 0) is 59.9 Å². The molecule has 0 radical (unpaired) electrons. The van der Waals surface area contributed by atoms with Gasteiger partial charge < -0.3 is 19.7 Å². The molecule has 0 unspecified atom stereocenters. The molecule has 124 valence electrons. The van der Waals surface area contributed by atoms with E-state index in [0.29, 0.717) is 12.5 Å². The van der Waals surface area contributed by atoms with Crippen molar-refractivity contribution in [2.24, 2.45) is 5.92 Å². The second-order valence-corrected chi connectivity index (χ2v) is 7.03. The van der Waals surface area contributed by atoms with Gasteiger partial charge in [0.2, 0.25) is 0 Å². The summed E-state index contributed by atoms with van der Waals surface area (Å²) in [5.74, 6) is 0.702. The number of nitrogens with one attached hydrogen (secondary N) is 1. The predicted octanol–water partition coefficient (Wildman–Crippen LogP) is 2.65. The molecule has 0 saturated carbocycles. The number of hydrogen-bond acceptors (Lipinski definition) is 4. The third-order valence-electron chi connectivity index (χ3n) is 3.55. The lowest BCUT2D eigenvalue weighted by molar-refractivity contribution is 0.0192. The van der Waals surface area contributed by atoms with Crippen LogP contribution in [0.25, 0.3) is 0 Å². The Labute approximate surface area is 129 Å². The average Bonchev–Trinajstić information content (AvgIpc) is 2.37. The molecule has 1 heterocycles. The Balaban J connectivity index is 2.28. The summed E-state index contributed by atoms with van der Waals surface area (Å²) < 4.78 is 10.8. The minimum atomic E-state index is -0.445. The highest BCUT2D eigenvalue weighted by Gasteiger charge is 2.23. The van der Waals surface area contributed by atoms with Crippen LogP contribution in [0.5, 0.6) is 0 Å². The van der Waals surface area contributed by atoms with Gasteiger partial charge in [-0.2, -0.15) is 0 Å². The number of nitrogens with zero attached hydrogens (tertiary/aromatic N) is 1. The number of rotatable bonds is 6. The maximum absolute atomic E-state index is 12.2. The van der Waals surface area contributed by atoms with E-state index in [9.17, 15) is 4.79 Å². The van der Waals surface area contributed by atoms with Gasteiger partial charge in [0.15, 0.2) is 0 Å². The molecule has 1 fully saturated rings. The first-order chi connectivity index (χ1) is 9.79. The van der Waals surface area contributed by atoms with Crippen LogP contribution in [0.15, 0.2) is 0 Å². The summed E-state index contributed by atoms with van der Waals surface area (Å²) >= 11 is 0. The molecule has 1 amide bonds. The van der Waals surface area contributed by atoms with E-state index in [1.54, 1.807) is 4.90 Å². The van der Waals surface area contributed by atoms with Crippen molar-refractivity contribution in [2.75, 3.05) is 32.8 Å². The largest absolute Gasteiger partial charge is 0.444 e. The van der Waals surface area contributed by atoms with Crippen molar-refractivity contribution in [1.82, 2.24) is 10.2 Å². The topological polar surface area (TPSA) is 50.8 Å². The van der Waals surface area contributed by atoms with E-state index in [0.717, 1.165) is 39.1 Å². The Kier molecular flexibility index (Phi) is 7.46. The summed E-state index contributed by atoms with van der Waals surface area (Å²) in [5, 5.41) is 3.45. The van der Waals surface area contributed by atoms with Crippen LogP contribution in [0.1, 0.15) is 47.5 Å². The molecule has 5 nitrogen and oxygen atoms in total. The van der Waals surface area contributed by atoms with Gasteiger partial charge in [-0.3, -0.25) is 0 Å². The first-order valence-electron chi connectivity index (χ1n) is 8.07. The molecule has 1 aliphatic heterocycles. The zero-order chi connectivity index (χ0) is 15.9. The smallest absolute Gasteiger partial charge is 0.410 e. The summed E-state index contributed by atoms with van der Waals surface area (Å²) in [4.78, 5) is 13.9. The normalized spacial score (nSPS) is 17.0. The van der Waals surface area contributed by atoms with E-state index in [-0.39, 0.29) is 12.1 Å². The van der Waals surface area contributed by atoms with E-state index >= 15 is 0 Å². The summed E-state index contributed by atoms with van der Waals surface area (Å²) in [5.41, 5.74) is -0.445. The highest BCUT2D eigenvalue weighted by atomic mass is 16.6. The molecule has 1 saturated heterocycles. The van der Waals surface area contributed by atoms with Crippen LogP contribution in [0.3, 0.4) is 0 Å². The standard InChI is InChI=1S/C16H32N2O3/c1-13(2)18(15(19)21-16(3,4)5)9-8-17-12-14-6-10-20-11-7-14/h13-14,17H,6-12H2,1-5H3. The minimum absolute atomic E-state index is 0.143. The molecule has 0 spiro atoms. The molecule has 0 aromatic heterocycles. The molecule has 0 bridgehead atoms. The molecule has 0 aliphatic carbocycles. The van der Waals surface area contributed by atoms with Gasteiger partial charge in [-0.1, -0.05) is 0 Å². The molecule has 1 aliphatic rings. The minimum Gasteiger partial charge on any atom is -0.444 e. The van der Waals surface area contributed by atoms with Gasteiger partial charge in [-0.15, -0.1) is 0 Å². The van der Waals surface area contributed by atoms with Crippen LogP contribution in [0, 0.1) is 5.92 Å². The van der Waals surface area contributed by atoms with Crippen LogP contribution in [0.2, 0.25) is 0 Å². The van der Waals surface area contributed by atoms with Crippen molar-refractivity contribution in [3.05, 3.63) is 0 Å². The Morgan fingerprint density at radius 2 is 1.95 bits per heavy atom. The van der Waals surface area contributed by atoms with Gasteiger partial charge in [0.1, 0.15) is 5.60 Å². The molecule has 0 atom stereocenters. The van der Waals surface area contributed by atoms with E-state index in [1.165, 1.54) is 0 Å². The lowest BCUT2D eigenvalue weighted by Crippen LogP contribution is -2.44. The summed E-state index contributed by atoms with van der Waals surface area (Å²) in [6, 6.07) is 0.143. The SMILES string of the molecule is CC(C)N(CCNCC1CCOCC1)C(=O)OC(C)(C)C. The van der Waals surface area contributed by atoms with Crippen molar-refractivity contribution >= 4 is 6.09 Å². The summed E-state index contributed by atoms with van der Waals surface area (Å²) in [6.07, 6.45) is 2.03. The van der Waals surface area contributed by atoms with Gasteiger partial charge >= 0.3 is 6.09 Å². The van der Waals surface area contributed by atoms with Gasteiger partial charge in [-0.25, -0.2) is 4.79 Å². The highest BCUT2D eigenvalue weighted by Crippen LogP contribution is 2.13. The van der Waals surface area contributed by atoms with E-state index in [2.05, 4.69) is 5.32 Å². The van der Waals surface area contributed by atoms with Crippen molar-refractivity contribution in [3.8, 4) is 0 Å². The molecule has 0 aromatic rings. The van der Waals surface area contributed by atoms with Crippen LogP contribution in [0.4, 0.5) is 4.79 Å². The highest BCUT2D eigenvalue weighted by molar-refractivity contribution is 5.68. The number of hydrogen-bond donors (Lipinski definition) is 1. The monoisotopic (exact) mass is 300 g/mol. The first kappa shape index (κ1) is 18.2. The van der Waals surface area contributed by atoms with E-state index in [4.69, 9.17) is 9.47 Å². The van der Waals surface area contributed by atoms with Crippen LogP contribution < -0.4 is 5.32 Å². The fraction of sp³-hybridized carbons (Fsp3) is 0.938. The van der Waals surface area contributed by atoms with Crippen molar-refractivity contribution in [3.63, 3.8) is 0 Å². The maximum atomic E-state index is 12.2. The zero-order valence-corrected chi connectivity index (χ0v) is 14.3. The third-order valence-corrected chi connectivity index (χ3v) is 3.55. The number of amides is 1. The zero-order valence-electron chi connectivity index (χ0n) is 14.3. The molecule has 0 aromatic carbocycles. The second kappa shape index (κ2) is 8.59. The van der Waals surface area contributed by atoms with Crippen molar-refractivity contribution < 1.29 is 14.3 Å². The number of ether oxygens (including phenoxy) is 2. The maximum Gasteiger partial charge on any atom is 0.410 e. The van der Waals surface area contributed by atoms with Crippen molar-refractivity contribution in [2.45, 2.75) is 59.1 Å². The quantitative estimate of drug-likeness (QED) is 0.766. The van der Waals surface area contributed by atoms with Crippen LogP contribution in [-0.2, 0) is 9.47 Å². The predicted molar refractivity (Wildman–Crippen MR) is 84.5 cm³/mol. The molecule has 5 heteroatoms. The molecule has 1 rings (SSSR count). The van der Waals surface area contributed by atoms with Crippen molar-refractivity contribution in [1.29, 1.82) is 0 Å². The summed E-state index contributed by atoms with van der Waals surface area (Å²) in [6.45, 7) is 14.0. The Hall–Kier alpha value is -0.810. The third kappa shape index (κ3) is 7.67. The molecular weight excluding hydrogens is 268 g/mol. The summed E-state index contributed by atoms with van der Waals surface area (Å²) in [7, 11) is 0. The van der Waals surface area contributed by atoms with E-state index in [1.807, 2.05) is 34.6 Å². The van der Waals surface area contributed by atoms with Crippen LogP contribution in [-0.4, -0.2) is 55.5 Å². The lowest BCUT2D eigenvalue weighted by Gasteiger charge is -2.30. The fourth-order valence-corrected chi connectivity index (χ4v) is 2.34. The average molecular weight is 300 g/mol. The van der Waals surface area contributed by atoms with Gasteiger partial charge in [0.25, 0.3) is 0 Å². The number of carbonyl (C=O) groups is 1. The second-order valence-electron chi connectivity index (χ2n) is 7.03. The molecule has 21 heavy (non-hydrogen) atoms. The Morgan fingerprint density at radius 1 is 1.33 bits per heavy atom. The molecular formula is C16H32N2O3. The Morgan fingerprint density at radius 3 is 2.48 bits per heavy atom. The fourth-order valence-electron chi connectivity index (χ4n) is 2.34. The van der Waals surface area contributed by atoms with E-state index < -0.39 is 5.60 Å². The van der Waals surface area contributed by atoms with Gasteiger partial charge in [0.05, 0.1) is 0 Å².